The van der Waals surface area contributed by atoms with Gasteiger partial charge in [0.1, 0.15) is 5.76 Å². The molecule has 0 aliphatic heterocycles. The van der Waals surface area contributed by atoms with Crippen LogP contribution in [0.2, 0.25) is 0 Å². The van der Waals surface area contributed by atoms with E-state index in [1.165, 1.54) is 0 Å². The van der Waals surface area contributed by atoms with Crippen molar-refractivity contribution in [2.45, 2.75) is 26.4 Å². The average molecular weight is 170 g/mol. The quantitative estimate of drug-likeness (QED) is 0.677. The first-order valence-electron chi connectivity index (χ1n) is 3.95. The molecule has 12 heavy (non-hydrogen) atoms. The first kappa shape index (κ1) is 9.22. The van der Waals surface area contributed by atoms with Crippen molar-refractivity contribution in [1.29, 1.82) is 0 Å². The van der Waals surface area contributed by atoms with E-state index < -0.39 is 6.10 Å². The molecule has 0 spiro atoms. The Morgan fingerprint density at radius 3 is 2.67 bits per heavy atom. The maximum absolute atomic E-state index is 9.28. The molecule has 0 saturated carbocycles. The van der Waals surface area contributed by atoms with Crippen molar-refractivity contribution < 1.29 is 9.63 Å². The van der Waals surface area contributed by atoms with Gasteiger partial charge in [-0.2, -0.15) is 0 Å². The second kappa shape index (κ2) is 3.69. The summed E-state index contributed by atoms with van der Waals surface area (Å²) in [6, 6.07) is 0. The van der Waals surface area contributed by atoms with Gasteiger partial charge in [0.05, 0.1) is 11.8 Å². The average Bonchev–Trinajstić information content (AvgIpc) is 2.35. The van der Waals surface area contributed by atoms with Gasteiger partial charge in [0, 0.05) is 18.5 Å². The lowest BCUT2D eigenvalue weighted by Crippen LogP contribution is -2.22. The molecule has 1 unspecified atom stereocenters. The standard InChI is InChI=1S/C8H14N2O2/c1-5-8(3-7(11)4-9)6(2)12-10-5/h7,11H,3-4,9H2,1-2H3. The van der Waals surface area contributed by atoms with Gasteiger partial charge in [-0.3, -0.25) is 0 Å². The third-order valence-electron chi connectivity index (χ3n) is 1.89. The SMILES string of the molecule is Cc1noc(C)c1CC(O)CN. The first-order chi connectivity index (χ1) is 5.65. The van der Waals surface area contributed by atoms with E-state index in [1.807, 2.05) is 13.8 Å². The number of aliphatic hydroxyl groups is 1. The van der Waals surface area contributed by atoms with Crippen LogP contribution in [0.5, 0.6) is 0 Å². The van der Waals surface area contributed by atoms with E-state index in [0.717, 1.165) is 17.0 Å². The van der Waals surface area contributed by atoms with Gasteiger partial charge in [-0.1, -0.05) is 5.16 Å². The molecule has 0 aliphatic carbocycles. The Morgan fingerprint density at radius 1 is 1.58 bits per heavy atom. The summed E-state index contributed by atoms with van der Waals surface area (Å²) in [5.41, 5.74) is 7.09. The van der Waals surface area contributed by atoms with Crippen LogP contribution < -0.4 is 5.73 Å². The van der Waals surface area contributed by atoms with Crippen LogP contribution in [0.3, 0.4) is 0 Å². The maximum atomic E-state index is 9.28. The summed E-state index contributed by atoms with van der Waals surface area (Å²) < 4.78 is 4.94. The Kier molecular flexibility index (Phi) is 2.83. The number of aromatic nitrogens is 1. The molecule has 1 aromatic rings. The molecule has 1 rings (SSSR count). The fourth-order valence-corrected chi connectivity index (χ4v) is 1.11. The minimum atomic E-state index is -0.498. The number of hydrogen-bond donors (Lipinski definition) is 2. The number of aliphatic hydroxyl groups excluding tert-OH is 1. The zero-order valence-corrected chi connectivity index (χ0v) is 7.37. The molecule has 0 saturated heterocycles. The molecule has 0 aliphatic rings. The van der Waals surface area contributed by atoms with E-state index in [0.29, 0.717) is 6.42 Å². The van der Waals surface area contributed by atoms with Crippen molar-refractivity contribution in [2.24, 2.45) is 5.73 Å². The fraction of sp³-hybridized carbons (Fsp3) is 0.625. The van der Waals surface area contributed by atoms with Crippen molar-refractivity contribution >= 4 is 0 Å². The van der Waals surface area contributed by atoms with Gasteiger partial charge in [-0.05, 0) is 13.8 Å². The Bertz CT molecular complexity index is 238. The largest absolute Gasteiger partial charge is 0.391 e. The second-order valence-electron chi connectivity index (χ2n) is 2.90. The summed E-state index contributed by atoms with van der Waals surface area (Å²) in [4.78, 5) is 0. The van der Waals surface area contributed by atoms with Crippen LogP contribution in [0, 0.1) is 13.8 Å². The van der Waals surface area contributed by atoms with E-state index in [-0.39, 0.29) is 6.54 Å². The summed E-state index contributed by atoms with van der Waals surface area (Å²) >= 11 is 0. The third kappa shape index (κ3) is 1.84. The topological polar surface area (TPSA) is 72.3 Å². The Morgan fingerprint density at radius 2 is 2.25 bits per heavy atom. The van der Waals surface area contributed by atoms with Gasteiger partial charge in [-0.25, -0.2) is 0 Å². The van der Waals surface area contributed by atoms with Crippen LogP contribution in [-0.2, 0) is 6.42 Å². The van der Waals surface area contributed by atoms with Crippen LogP contribution in [0.4, 0.5) is 0 Å². The Hall–Kier alpha value is -0.870. The van der Waals surface area contributed by atoms with Gasteiger partial charge < -0.3 is 15.4 Å². The summed E-state index contributed by atoms with van der Waals surface area (Å²) in [5, 5.41) is 13.1. The highest BCUT2D eigenvalue weighted by Gasteiger charge is 2.12. The third-order valence-corrected chi connectivity index (χ3v) is 1.89. The summed E-state index contributed by atoms with van der Waals surface area (Å²) in [5.74, 6) is 0.764. The molecule has 3 N–H and O–H groups in total. The van der Waals surface area contributed by atoms with Crippen LogP contribution in [0.25, 0.3) is 0 Å². The number of hydrogen-bond acceptors (Lipinski definition) is 4. The van der Waals surface area contributed by atoms with Gasteiger partial charge in [-0.15, -0.1) is 0 Å². The molecule has 0 bridgehead atoms. The zero-order chi connectivity index (χ0) is 9.14. The minimum absolute atomic E-state index is 0.268. The maximum Gasteiger partial charge on any atom is 0.137 e. The van der Waals surface area contributed by atoms with Gasteiger partial charge in [0.15, 0.2) is 0 Å². The van der Waals surface area contributed by atoms with E-state index in [9.17, 15) is 5.11 Å². The van der Waals surface area contributed by atoms with E-state index in [4.69, 9.17) is 10.3 Å². The monoisotopic (exact) mass is 170 g/mol. The minimum Gasteiger partial charge on any atom is -0.391 e. The lowest BCUT2D eigenvalue weighted by atomic mass is 10.1. The smallest absolute Gasteiger partial charge is 0.137 e. The second-order valence-corrected chi connectivity index (χ2v) is 2.90. The number of aryl methyl sites for hydroxylation is 2. The number of nitrogens with two attached hydrogens (primary N) is 1. The molecule has 4 heteroatoms. The summed E-state index contributed by atoms with van der Waals surface area (Å²) in [7, 11) is 0. The molecule has 0 amide bonds. The Balaban J connectivity index is 2.73. The molecular weight excluding hydrogens is 156 g/mol. The molecule has 1 heterocycles. The fourth-order valence-electron chi connectivity index (χ4n) is 1.11. The number of rotatable bonds is 3. The van der Waals surface area contributed by atoms with E-state index in [1.54, 1.807) is 0 Å². The van der Waals surface area contributed by atoms with Crippen LogP contribution in [0.1, 0.15) is 17.0 Å². The normalized spacial score (nSPS) is 13.3. The molecule has 1 atom stereocenters. The van der Waals surface area contributed by atoms with Crippen molar-refractivity contribution in [1.82, 2.24) is 5.16 Å². The lowest BCUT2D eigenvalue weighted by molar-refractivity contribution is 0.182. The Labute approximate surface area is 71.4 Å². The molecule has 68 valence electrons. The predicted molar refractivity (Wildman–Crippen MR) is 44.7 cm³/mol. The van der Waals surface area contributed by atoms with Crippen molar-refractivity contribution in [3.63, 3.8) is 0 Å². The van der Waals surface area contributed by atoms with Gasteiger partial charge in [0.25, 0.3) is 0 Å². The van der Waals surface area contributed by atoms with Gasteiger partial charge >= 0.3 is 0 Å². The zero-order valence-electron chi connectivity index (χ0n) is 7.37. The highest BCUT2D eigenvalue weighted by molar-refractivity contribution is 5.21. The molecule has 1 aromatic heterocycles. The van der Waals surface area contributed by atoms with Crippen LogP contribution in [0.15, 0.2) is 4.52 Å². The summed E-state index contributed by atoms with van der Waals surface area (Å²) in [6.45, 7) is 3.96. The van der Waals surface area contributed by atoms with Crippen molar-refractivity contribution in [3.8, 4) is 0 Å². The van der Waals surface area contributed by atoms with E-state index >= 15 is 0 Å². The van der Waals surface area contributed by atoms with E-state index in [2.05, 4.69) is 5.16 Å². The highest BCUT2D eigenvalue weighted by Crippen LogP contribution is 2.13. The van der Waals surface area contributed by atoms with Crippen molar-refractivity contribution in [2.75, 3.05) is 6.54 Å². The first-order valence-corrected chi connectivity index (χ1v) is 3.95. The molecule has 0 fully saturated rings. The molecule has 0 radical (unpaired) electrons. The molecular formula is C8H14N2O2. The van der Waals surface area contributed by atoms with Crippen LogP contribution >= 0.6 is 0 Å². The highest BCUT2D eigenvalue weighted by atomic mass is 16.5. The van der Waals surface area contributed by atoms with Crippen molar-refractivity contribution in [3.05, 3.63) is 17.0 Å². The van der Waals surface area contributed by atoms with Crippen LogP contribution in [-0.4, -0.2) is 22.9 Å². The molecule has 0 aromatic carbocycles. The molecule has 4 nitrogen and oxygen atoms in total. The lowest BCUT2D eigenvalue weighted by Gasteiger charge is -2.05. The van der Waals surface area contributed by atoms with Gasteiger partial charge in [0.2, 0.25) is 0 Å². The number of nitrogens with zero attached hydrogens (tertiary/aromatic N) is 1. The summed E-state index contributed by atoms with van der Waals surface area (Å²) in [6.07, 6.45) is 0.0271. The predicted octanol–water partition coefficient (Wildman–Crippen LogP) is 0.154.